The molecule has 0 aliphatic heterocycles. The molecule has 0 saturated carbocycles. The van der Waals surface area contributed by atoms with Crippen molar-refractivity contribution in [2.75, 3.05) is 0 Å². The molecule has 0 amide bonds. The van der Waals surface area contributed by atoms with Crippen LogP contribution in [0.25, 0.3) is 34.0 Å². The predicted octanol–water partition coefficient (Wildman–Crippen LogP) is 7.36. The van der Waals surface area contributed by atoms with Gasteiger partial charge in [-0.2, -0.15) is 0 Å². The summed E-state index contributed by atoms with van der Waals surface area (Å²) in [6.07, 6.45) is 3.59. The molecule has 1 aromatic heterocycles. The summed E-state index contributed by atoms with van der Waals surface area (Å²) in [5, 5.41) is 8.51. The molecule has 0 bridgehead atoms. The maximum Gasteiger partial charge on any atom is 0.248 e. The number of nitrogens with zero attached hydrogens (tertiary/aromatic N) is 2. The van der Waals surface area contributed by atoms with Gasteiger partial charge < -0.3 is 4.42 Å². The zero-order valence-electron chi connectivity index (χ0n) is 17.0. The highest BCUT2D eigenvalue weighted by atomic mass is 16.4. The van der Waals surface area contributed by atoms with E-state index in [-0.39, 0.29) is 0 Å². The van der Waals surface area contributed by atoms with Crippen LogP contribution >= 0.6 is 0 Å². The maximum atomic E-state index is 5.95. The average molecular weight is 383 g/mol. The van der Waals surface area contributed by atoms with Gasteiger partial charge in [-0.05, 0) is 59.7 Å². The van der Waals surface area contributed by atoms with Gasteiger partial charge in [-0.1, -0.05) is 74.9 Å². The SMILES string of the molecule is CCCC(CC)c1ccc(-c2nnc(-c3ccc(-c4ccccc4)cc3)o2)cc1. The van der Waals surface area contributed by atoms with E-state index in [1.54, 1.807) is 0 Å². The molecule has 146 valence electrons. The van der Waals surface area contributed by atoms with Gasteiger partial charge in [-0.25, -0.2) is 0 Å². The fraction of sp³-hybridized carbons (Fsp3) is 0.231. The van der Waals surface area contributed by atoms with Crippen molar-refractivity contribution < 1.29 is 4.42 Å². The molecule has 0 N–H and O–H groups in total. The van der Waals surface area contributed by atoms with E-state index >= 15 is 0 Å². The zero-order valence-corrected chi connectivity index (χ0v) is 17.0. The van der Waals surface area contributed by atoms with E-state index in [9.17, 15) is 0 Å². The van der Waals surface area contributed by atoms with Crippen molar-refractivity contribution in [3.63, 3.8) is 0 Å². The Morgan fingerprint density at radius 2 is 1.17 bits per heavy atom. The van der Waals surface area contributed by atoms with Gasteiger partial charge in [0, 0.05) is 11.1 Å². The first kappa shape index (κ1) is 19.1. The van der Waals surface area contributed by atoms with Crippen molar-refractivity contribution >= 4 is 0 Å². The molecule has 0 saturated heterocycles. The fourth-order valence-electron chi connectivity index (χ4n) is 3.75. The highest BCUT2D eigenvalue weighted by Crippen LogP contribution is 2.29. The number of hydrogen-bond acceptors (Lipinski definition) is 3. The standard InChI is InChI=1S/C26H26N2O/c1-3-8-19(4-2)21-11-15-23(16-12-21)25-27-28-26(29-25)24-17-13-22(14-18-24)20-9-6-5-7-10-20/h5-7,9-19H,3-4,8H2,1-2H3. The number of aromatic nitrogens is 2. The first-order valence-electron chi connectivity index (χ1n) is 10.4. The Hall–Kier alpha value is -3.20. The third-order valence-corrected chi connectivity index (χ3v) is 5.42. The molecule has 0 aliphatic rings. The molecular weight excluding hydrogens is 356 g/mol. The summed E-state index contributed by atoms with van der Waals surface area (Å²) in [6, 6.07) is 27.1. The highest BCUT2D eigenvalue weighted by molar-refractivity contribution is 5.67. The van der Waals surface area contributed by atoms with E-state index in [0.29, 0.717) is 17.7 Å². The topological polar surface area (TPSA) is 38.9 Å². The largest absolute Gasteiger partial charge is 0.416 e. The molecule has 0 aliphatic carbocycles. The molecule has 29 heavy (non-hydrogen) atoms. The van der Waals surface area contributed by atoms with Crippen LogP contribution in [0, 0.1) is 0 Å². The highest BCUT2D eigenvalue weighted by Gasteiger charge is 2.13. The van der Waals surface area contributed by atoms with E-state index in [4.69, 9.17) is 4.42 Å². The molecule has 1 heterocycles. The van der Waals surface area contributed by atoms with Crippen LogP contribution in [0.3, 0.4) is 0 Å². The Morgan fingerprint density at radius 3 is 1.72 bits per heavy atom. The van der Waals surface area contributed by atoms with Crippen molar-refractivity contribution in [3.05, 3.63) is 84.4 Å². The molecule has 3 aromatic carbocycles. The Morgan fingerprint density at radius 1 is 0.655 bits per heavy atom. The third-order valence-electron chi connectivity index (χ3n) is 5.42. The van der Waals surface area contributed by atoms with Gasteiger partial charge in [0.15, 0.2) is 0 Å². The minimum atomic E-state index is 0.543. The van der Waals surface area contributed by atoms with Crippen LogP contribution in [0.5, 0.6) is 0 Å². The minimum Gasteiger partial charge on any atom is -0.416 e. The van der Waals surface area contributed by atoms with Crippen molar-refractivity contribution in [3.8, 4) is 34.0 Å². The lowest BCUT2D eigenvalue weighted by Crippen LogP contribution is -1.96. The smallest absolute Gasteiger partial charge is 0.248 e. The van der Waals surface area contributed by atoms with Crippen molar-refractivity contribution in [1.82, 2.24) is 10.2 Å². The molecule has 4 rings (SSSR count). The van der Waals surface area contributed by atoms with Gasteiger partial charge >= 0.3 is 0 Å². The Labute approximate surface area is 172 Å². The summed E-state index contributed by atoms with van der Waals surface area (Å²) in [6.45, 7) is 4.49. The maximum absolute atomic E-state index is 5.95. The molecule has 3 nitrogen and oxygen atoms in total. The summed E-state index contributed by atoms with van der Waals surface area (Å²) in [5.74, 6) is 1.72. The van der Waals surface area contributed by atoms with Crippen molar-refractivity contribution in [1.29, 1.82) is 0 Å². The Bertz CT molecular complexity index is 1030. The third kappa shape index (κ3) is 4.29. The van der Waals surface area contributed by atoms with E-state index in [0.717, 1.165) is 17.5 Å². The predicted molar refractivity (Wildman–Crippen MR) is 119 cm³/mol. The molecule has 1 unspecified atom stereocenters. The first-order chi connectivity index (χ1) is 14.3. The molecule has 0 radical (unpaired) electrons. The van der Waals surface area contributed by atoms with Crippen LogP contribution in [0.2, 0.25) is 0 Å². The normalized spacial score (nSPS) is 12.1. The zero-order chi connectivity index (χ0) is 20.1. The molecule has 1 atom stereocenters. The van der Waals surface area contributed by atoms with Crippen molar-refractivity contribution in [2.24, 2.45) is 0 Å². The summed E-state index contributed by atoms with van der Waals surface area (Å²) < 4.78 is 5.95. The lowest BCUT2D eigenvalue weighted by atomic mass is 9.91. The lowest BCUT2D eigenvalue weighted by Gasteiger charge is -2.14. The Balaban J connectivity index is 1.52. The monoisotopic (exact) mass is 382 g/mol. The second kappa shape index (κ2) is 8.87. The van der Waals surface area contributed by atoms with Crippen LogP contribution < -0.4 is 0 Å². The van der Waals surface area contributed by atoms with Crippen LogP contribution in [0.15, 0.2) is 83.3 Å². The number of rotatable bonds is 7. The molecule has 3 heteroatoms. The van der Waals surface area contributed by atoms with Gasteiger partial charge in [-0.15, -0.1) is 10.2 Å². The molecule has 4 aromatic rings. The van der Waals surface area contributed by atoms with Gasteiger partial charge in [0.05, 0.1) is 0 Å². The summed E-state index contributed by atoms with van der Waals surface area (Å²) in [5.41, 5.74) is 5.63. The fourth-order valence-corrected chi connectivity index (χ4v) is 3.75. The van der Waals surface area contributed by atoms with Gasteiger partial charge in [0.25, 0.3) is 0 Å². The summed E-state index contributed by atoms with van der Waals surface area (Å²) in [4.78, 5) is 0. The van der Waals surface area contributed by atoms with Gasteiger partial charge in [-0.3, -0.25) is 0 Å². The van der Waals surface area contributed by atoms with Crippen LogP contribution in [0.4, 0.5) is 0 Å². The second-order valence-electron chi connectivity index (χ2n) is 7.37. The lowest BCUT2D eigenvalue weighted by molar-refractivity contribution is 0.583. The van der Waals surface area contributed by atoms with E-state index in [2.05, 4.69) is 72.6 Å². The van der Waals surface area contributed by atoms with Crippen LogP contribution in [-0.4, -0.2) is 10.2 Å². The van der Waals surface area contributed by atoms with E-state index < -0.39 is 0 Å². The van der Waals surface area contributed by atoms with Crippen LogP contribution in [0.1, 0.15) is 44.6 Å². The first-order valence-corrected chi connectivity index (χ1v) is 10.4. The van der Waals surface area contributed by atoms with Crippen LogP contribution in [-0.2, 0) is 0 Å². The summed E-state index contributed by atoms with van der Waals surface area (Å²) in [7, 11) is 0. The number of benzene rings is 3. The molecule has 0 spiro atoms. The van der Waals surface area contributed by atoms with Crippen molar-refractivity contribution in [2.45, 2.75) is 39.0 Å². The van der Waals surface area contributed by atoms with E-state index in [1.807, 2.05) is 30.3 Å². The molecule has 0 fully saturated rings. The quantitative estimate of drug-likeness (QED) is 0.335. The average Bonchev–Trinajstić information content (AvgIpc) is 3.29. The molecular formula is C26H26N2O. The minimum absolute atomic E-state index is 0.543. The van der Waals surface area contributed by atoms with E-state index in [1.165, 1.54) is 29.5 Å². The summed E-state index contributed by atoms with van der Waals surface area (Å²) >= 11 is 0. The van der Waals surface area contributed by atoms with Gasteiger partial charge in [0.1, 0.15) is 0 Å². The second-order valence-corrected chi connectivity index (χ2v) is 7.37. The Kier molecular flexibility index (Phi) is 5.85. The number of hydrogen-bond donors (Lipinski definition) is 0. The van der Waals surface area contributed by atoms with Gasteiger partial charge in [0.2, 0.25) is 11.8 Å².